The molecule has 29 heavy (non-hydrogen) atoms. The van der Waals surface area contributed by atoms with Crippen molar-refractivity contribution in [3.63, 3.8) is 0 Å². The Morgan fingerprint density at radius 3 is 2.66 bits per heavy atom. The van der Waals surface area contributed by atoms with Crippen LogP contribution in [0.2, 0.25) is 0 Å². The van der Waals surface area contributed by atoms with E-state index in [1.165, 1.54) is 5.56 Å². The van der Waals surface area contributed by atoms with E-state index in [4.69, 9.17) is 19.1 Å². The number of aryl methyl sites for hydroxylation is 1. The molecule has 5 heteroatoms. The summed E-state index contributed by atoms with van der Waals surface area (Å²) in [4.78, 5) is 9.58. The molecule has 0 atom stereocenters. The second-order valence-electron chi connectivity index (χ2n) is 6.80. The van der Waals surface area contributed by atoms with Gasteiger partial charge in [-0.1, -0.05) is 47.7 Å². The SMILES string of the molecule is COc1ccc2oc(-c3ccccc3)c/c(=N\c3nc4ccc(C)cc4s3)c2c1. The van der Waals surface area contributed by atoms with E-state index in [2.05, 4.69) is 19.1 Å². The van der Waals surface area contributed by atoms with Gasteiger partial charge in [0.2, 0.25) is 5.13 Å². The summed E-state index contributed by atoms with van der Waals surface area (Å²) in [5, 5.41) is 2.42. The first-order valence-electron chi connectivity index (χ1n) is 9.29. The van der Waals surface area contributed by atoms with E-state index in [1.54, 1.807) is 18.4 Å². The number of rotatable bonds is 3. The number of methoxy groups -OCH3 is 1. The van der Waals surface area contributed by atoms with Crippen molar-refractivity contribution in [3.05, 3.63) is 83.7 Å². The minimum Gasteiger partial charge on any atom is -0.497 e. The largest absolute Gasteiger partial charge is 0.497 e. The van der Waals surface area contributed by atoms with Crippen LogP contribution in [-0.4, -0.2) is 12.1 Å². The van der Waals surface area contributed by atoms with Gasteiger partial charge < -0.3 is 9.15 Å². The molecule has 0 aliphatic heterocycles. The van der Waals surface area contributed by atoms with Crippen molar-refractivity contribution in [3.8, 4) is 17.1 Å². The van der Waals surface area contributed by atoms with E-state index >= 15 is 0 Å². The van der Waals surface area contributed by atoms with E-state index < -0.39 is 0 Å². The van der Waals surface area contributed by atoms with E-state index in [0.717, 1.165) is 48.7 Å². The maximum absolute atomic E-state index is 6.17. The highest BCUT2D eigenvalue weighted by Crippen LogP contribution is 2.29. The highest BCUT2D eigenvalue weighted by molar-refractivity contribution is 7.21. The third-order valence-corrected chi connectivity index (χ3v) is 5.67. The third-order valence-electron chi connectivity index (χ3n) is 4.76. The van der Waals surface area contributed by atoms with Gasteiger partial charge in [0.15, 0.2) is 0 Å². The van der Waals surface area contributed by atoms with Crippen LogP contribution in [0.15, 0.2) is 82.2 Å². The normalized spacial score (nSPS) is 12.0. The standard InChI is InChI=1S/C24H18N2O2S/c1-15-8-10-19-23(12-15)29-24(25-19)26-20-14-22(16-6-4-3-5-7-16)28-21-11-9-17(27-2)13-18(20)21/h3-14H,1-2H3/b26-20+. The van der Waals surface area contributed by atoms with E-state index in [1.807, 2.05) is 60.7 Å². The van der Waals surface area contributed by atoms with Gasteiger partial charge in [0, 0.05) is 17.0 Å². The quantitative estimate of drug-likeness (QED) is 0.360. The fraction of sp³-hybridized carbons (Fsp3) is 0.0833. The first-order valence-corrected chi connectivity index (χ1v) is 10.1. The Hall–Kier alpha value is -3.44. The Balaban J connectivity index is 1.77. The summed E-state index contributed by atoms with van der Waals surface area (Å²) in [6.07, 6.45) is 0. The molecule has 4 nitrogen and oxygen atoms in total. The van der Waals surface area contributed by atoms with E-state index in [0.29, 0.717) is 0 Å². The Morgan fingerprint density at radius 1 is 0.966 bits per heavy atom. The summed E-state index contributed by atoms with van der Waals surface area (Å²) in [5.41, 5.74) is 3.93. The molecule has 2 aromatic heterocycles. The summed E-state index contributed by atoms with van der Waals surface area (Å²) >= 11 is 1.59. The lowest BCUT2D eigenvalue weighted by Crippen LogP contribution is -2.03. The zero-order valence-corrected chi connectivity index (χ0v) is 16.9. The lowest BCUT2D eigenvalue weighted by molar-refractivity contribution is 0.415. The maximum atomic E-state index is 6.17. The number of ether oxygens (including phenoxy) is 1. The average molecular weight is 398 g/mol. The molecule has 0 unspecified atom stereocenters. The summed E-state index contributed by atoms with van der Waals surface area (Å²) in [6, 6.07) is 24.0. The highest BCUT2D eigenvalue weighted by Gasteiger charge is 2.09. The van der Waals surface area contributed by atoms with Crippen molar-refractivity contribution in [1.82, 2.24) is 4.98 Å². The van der Waals surface area contributed by atoms with Gasteiger partial charge in [0.25, 0.3) is 0 Å². The summed E-state index contributed by atoms with van der Waals surface area (Å²) in [7, 11) is 1.66. The van der Waals surface area contributed by atoms with Crippen LogP contribution in [0.3, 0.4) is 0 Å². The molecular weight excluding hydrogens is 380 g/mol. The number of fused-ring (bicyclic) bond motifs is 2. The first-order chi connectivity index (χ1) is 14.2. The molecule has 0 spiro atoms. The maximum Gasteiger partial charge on any atom is 0.210 e. The molecule has 5 rings (SSSR count). The van der Waals surface area contributed by atoms with Crippen LogP contribution in [0.1, 0.15) is 5.56 Å². The predicted molar refractivity (Wildman–Crippen MR) is 118 cm³/mol. The lowest BCUT2D eigenvalue weighted by Gasteiger charge is -2.06. The molecule has 0 bridgehead atoms. The molecule has 142 valence electrons. The predicted octanol–water partition coefficient (Wildman–Crippen LogP) is 6.26. The molecule has 0 radical (unpaired) electrons. The molecule has 0 N–H and O–H groups in total. The summed E-state index contributed by atoms with van der Waals surface area (Å²) < 4.78 is 12.7. The van der Waals surface area contributed by atoms with Gasteiger partial charge >= 0.3 is 0 Å². The van der Waals surface area contributed by atoms with Gasteiger partial charge in [-0.3, -0.25) is 0 Å². The second-order valence-corrected chi connectivity index (χ2v) is 7.81. The highest BCUT2D eigenvalue weighted by atomic mass is 32.1. The first kappa shape index (κ1) is 17.6. The fourth-order valence-electron chi connectivity index (χ4n) is 3.28. The number of thiazole rings is 1. The number of hydrogen-bond donors (Lipinski definition) is 0. The van der Waals surface area contributed by atoms with Crippen molar-refractivity contribution in [1.29, 1.82) is 0 Å². The van der Waals surface area contributed by atoms with Gasteiger partial charge in [-0.25, -0.2) is 9.98 Å². The molecule has 0 aliphatic rings. The van der Waals surface area contributed by atoms with Crippen molar-refractivity contribution in [2.75, 3.05) is 7.11 Å². The van der Waals surface area contributed by atoms with Gasteiger partial charge in [-0.15, -0.1) is 0 Å². The zero-order chi connectivity index (χ0) is 19.8. The molecule has 2 heterocycles. The van der Waals surface area contributed by atoms with Gasteiger partial charge in [-0.05, 0) is 42.8 Å². The monoisotopic (exact) mass is 398 g/mol. The topological polar surface area (TPSA) is 47.6 Å². The van der Waals surface area contributed by atoms with Crippen molar-refractivity contribution < 1.29 is 9.15 Å². The fourth-order valence-corrected chi connectivity index (χ4v) is 4.23. The summed E-state index contributed by atoms with van der Waals surface area (Å²) in [5.74, 6) is 1.52. The van der Waals surface area contributed by atoms with Gasteiger partial charge in [0.1, 0.15) is 17.1 Å². The van der Waals surface area contributed by atoms with Crippen LogP contribution in [0.25, 0.3) is 32.5 Å². The van der Waals surface area contributed by atoms with Crippen molar-refractivity contribution in [2.24, 2.45) is 4.99 Å². The molecule has 0 fully saturated rings. The van der Waals surface area contributed by atoms with Crippen LogP contribution in [0.4, 0.5) is 5.13 Å². The molecular formula is C24H18N2O2S. The second kappa shape index (κ2) is 7.18. The van der Waals surface area contributed by atoms with E-state index in [-0.39, 0.29) is 0 Å². The molecule has 0 amide bonds. The van der Waals surface area contributed by atoms with E-state index in [9.17, 15) is 0 Å². The van der Waals surface area contributed by atoms with Gasteiger partial charge in [-0.2, -0.15) is 0 Å². The smallest absolute Gasteiger partial charge is 0.210 e. The average Bonchev–Trinajstić information content (AvgIpc) is 3.15. The molecule has 0 saturated heterocycles. The number of nitrogens with zero attached hydrogens (tertiary/aromatic N) is 2. The molecule has 5 aromatic rings. The minimum atomic E-state index is 0.722. The van der Waals surface area contributed by atoms with Crippen LogP contribution in [0, 0.1) is 6.92 Å². The Kier molecular flexibility index (Phi) is 4.37. The Labute approximate surface area is 171 Å². The van der Waals surface area contributed by atoms with Crippen molar-refractivity contribution >= 4 is 37.7 Å². The molecule has 0 aliphatic carbocycles. The Bertz CT molecular complexity index is 1400. The van der Waals surface area contributed by atoms with Crippen LogP contribution >= 0.6 is 11.3 Å². The number of benzene rings is 3. The summed E-state index contributed by atoms with van der Waals surface area (Å²) in [6.45, 7) is 2.08. The van der Waals surface area contributed by atoms with Crippen LogP contribution < -0.4 is 10.1 Å². The molecule has 3 aromatic carbocycles. The Morgan fingerprint density at radius 2 is 1.83 bits per heavy atom. The van der Waals surface area contributed by atoms with Gasteiger partial charge in [0.05, 0.1) is 22.7 Å². The van der Waals surface area contributed by atoms with Crippen LogP contribution in [-0.2, 0) is 0 Å². The zero-order valence-electron chi connectivity index (χ0n) is 16.0. The van der Waals surface area contributed by atoms with Crippen LogP contribution in [0.5, 0.6) is 5.75 Å². The number of hydrogen-bond acceptors (Lipinski definition) is 5. The number of aromatic nitrogens is 1. The third kappa shape index (κ3) is 3.41. The molecule has 0 saturated carbocycles. The van der Waals surface area contributed by atoms with Crippen molar-refractivity contribution in [2.45, 2.75) is 6.92 Å². The minimum absolute atomic E-state index is 0.722. The lowest BCUT2D eigenvalue weighted by atomic mass is 10.1.